The molecule has 106 valence electrons. The van der Waals surface area contributed by atoms with Crippen LogP contribution in [0.15, 0.2) is 51.8 Å². The van der Waals surface area contributed by atoms with Crippen LogP contribution in [0.25, 0.3) is 0 Å². The van der Waals surface area contributed by atoms with Gasteiger partial charge < -0.3 is 0 Å². The molecule has 20 heavy (non-hydrogen) atoms. The van der Waals surface area contributed by atoms with E-state index in [9.17, 15) is 12.8 Å². The Morgan fingerprint density at radius 2 is 1.95 bits per heavy atom. The minimum absolute atomic E-state index is 0.0347. The number of hydrogen-bond donors (Lipinski definition) is 1. The number of benzene rings is 2. The molecule has 0 unspecified atom stereocenters. The van der Waals surface area contributed by atoms with Crippen LogP contribution in [0.1, 0.15) is 11.1 Å². The fourth-order valence-corrected chi connectivity index (χ4v) is 3.48. The van der Waals surface area contributed by atoms with Crippen molar-refractivity contribution in [2.75, 3.05) is 0 Å². The molecule has 0 spiro atoms. The molecule has 0 aliphatic rings. The Hall–Kier alpha value is -1.24. The monoisotopic (exact) mass is 357 g/mol. The smallest absolute Gasteiger partial charge is 0.207 e. The number of sulfonamides is 1. The van der Waals surface area contributed by atoms with Gasteiger partial charge >= 0.3 is 0 Å². The number of rotatable bonds is 4. The van der Waals surface area contributed by atoms with E-state index in [1.54, 1.807) is 6.92 Å². The maximum absolute atomic E-state index is 13.2. The second kappa shape index (κ2) is 6.03. The lowest BCUT2D eigenvalue weighted by atomic mass is 10.2. The van der Waals surface area contributed by atoms with Crippen molar-refractivity contribution >= 4 is 26.0 Å². The van der Waals surface area contributed by atoms with Crippen molar-refractivity contribution in [3.63, 3.8) is 0 Å². The molecule has 0 radical (unpaired) electrons. The zero-order chi connectivity index (χ0) is 14.8. The fraction of sp³-hybridized carbons (Fsp3) is 0.143. The summed E-state index contributed by atoms with van der Waals surface area (Å²) in [6.45, 7) is 1.78. The van der Waals surface area contributed by atoms with Crippen LogP contribution in [0.4, 0.5) is 4.39 Å². The van der Waals surface area contributed by atoms with Gasteiger partial charge in [0.1, 0.15) is 5.82 Å². The summed E-state index contributed by atoms with van der Waals surface area (Å²) in [5, 5.41) is 0. The van der Waals surface area contributed by atoms with Gasteiger partial charge in [-0.25, -0.2) is 17.5 Å². The highest BCUT2D eigenvalue weighted by atomic mass is 79.9. The first-order chi connectivity index (χ1) is 9.38. The van der Waals surface area contributed by atoms with Crippen LogP contribution in [-0.4, -0.2) is 8.42 Å². The topological polar surface area (TPSA) is 46.2 Å². The van der Waals surface area contributed by atoms with Gasteiger partial charge in [0.05, 0.1) is 4.90 Å². The Morgan fingerprint density at radius 1 is 1.20 bits per heavy atom. The summed E-state index contributed by atoms with van der Waals surface area (Å²) in [6, 6.07) is 11.0. The molecule has 0 amide bonds. The minimum atomic E-state index is -3.73. The zero-order valence-electron chi connectivity index (χ0n) is 10.7. The van der Waals surface area contributed by atoms with Gasteiger partial charge in [-0.15, -0.1) is 0 Å². The minimum Gasteiger partial charge on any atom is -0.207 e. The van der Waals surface area contributed by atoms with Crippen molar-refractivity contribution in [3.8, 4) is 0 Å². The van der Waals surface area contributed by atoms with Crippen LogP contribution >= 0.6 is 15.9 Å². The summed E-state index contributed by atoms with van der Waals surface area (Å²) in [6.07, 6.45) is 0. The van der Waals surface area contributed by atoms with Crippen LogP contribution in [0.2, 0.25) is 0 Å². The van der Waals surface area contributed by atoms with E-state index in [0.717, 1.165) is 16.1 Å². The first-order valence-corrected chi connectivity index (χ1v) is 8.16. The molecule has 0 atom stereocenters. The molecule has 0 saturated carbocycles. The van der Waals surface area contributed by atoms with Gasteiger partial charge in [-0.2, -0.15) is 0 Å². The fourth-order valence-electron chi connectivity index (χ4n) is 1.77. The Kier molecular flexibility index (Phi) is 4.57. The van der Waals surface area contributed by atoms with Crippen LogP contribution in [-0.2, 0) is 16.6 Å². The number of halogens is 2. The Balaban J connectivity index is 2.21. The molecule has 2 aromatic rings. The van der Waals surface area contributed by atoms with Gasteiger partial charge in [0, 0.05) is 11.0 Å². The lowest BCUT2D eigenvalue weighted by molar-refractivity contribution is 0.576. The standard InChI is InChI=1S/C14H13BrFNO2S/c1-10-5-6-13(16)8-14(10)20(18,19)17-9-11-3-2-4-12(15)7-11/h2-8,17H,9H2,1H3. The zero-order valence-corrected chi connectivity index (χ0v) is 13.1. The highest BCUT2D eigenvalue weighted by molar-refractivity contribution is 9.10. The van der Waals surface area contributed by atoms with E-state index >= 15 is 0 Å². The molecule has 0 heterocycles. The number of nitrogens with one attached hydrogen (secondary N) is 1. The molecule has 1 N–H and O–H groups in total. The number of aryl methyl sites for hydroxylation is 1. The molecule has 0 aliphatic heterocycles. The third-order valence-electron chi connectivity index (χ3n) is 2.80. The average molecular weight is 358 g/mol. The van der Waals surface area contributed by atoms with E-state index in [-0.39, 0.29) is 11.4 Å². The van der Waals surface area contributed by atoms with E-state index in [0.29, 0.717) is 5.56 Å². The van der Waals surface area contributed by atoms with E-state index in [1.165, 1.54) is 12.1 Å². The Bertz CT molecular complexity index is 732. The highest BCUT2D eigenvalue weighted by Gasteiger charge is 2.17. The first kappa shape index (κ1) is 15.2. The largest absolute Gasteiger partial charge is 0.241 e. The van der Waals surface area contributed by atoms with E-state index in [2.05, 4.69) is 20.7 Å². The van der Waals surface area contributed by atoms with E-state index < -0.39 is 15.8 Å². The summed E-state index contributed by atoms with van der Waals surface area (Å²) < 4.78 is 40.9. The van der Waals surface area contributed by atoms with Crippen molar-refractivity contribution in [1.82, 2.24) is 4.72 Å². The van der Waals surface area contributed by atoms with E-state index in [1.807, 2.05) is 24.3 Å². The summed E-state index contributed by atoms with van der Waals surface area (Å²) in [5.74, 6) is -0.571. The van der Waals surface area contributed by atoms with Gasteiger partial charge in [-0.05, 0) is 42.3 Å². The van der Waals surface area contributed by atoms with Gasteiger partial charge in [0.25, 0.3) is 0 Å². The second-order valence-electron chi connectivity index (χ2n) is 4.36. The van der Waals surface area contributed by atoms with Crippen LogP contribution in [0, 0.1) is 12.7 Å². The van der Waals surface area contributed by atoms with Gasteiger partial charge in [-0.3, -0.25) is 0 Å². The van der Waals surface area contributed by atoms with Crippen molar-refractivity contribution < 1.29 is 12.8 Å². The summed E-state index contributed by atoms with van der Waals surface area (Å²) in [7, 11) is -3.73. The lowest BCUT2D eigenvalue weighted by Gasteiger charge is -2.09. The molecule has 2 aromatic carbocycles. The van der Waals surface area contributed by atoms with Gasteiger partial charge in [0.15, 0.2) is 0 Å². The van der Waals surface area contributed by atoms with E-state index in [4.69, 9.17) is 0 Å². The van der Waals surface area contributed by atoms with Gasteiger partial charge in [0.2, 0.25) is 10.0 Å². The summed E-state index contributed by atoms with van der Waals surface area (Å²) >= 11 is 3.32. The predicted molar refractivity (Wildman–Crippen MR) is 79.3 cm³/mol. The molecule has 0 bridgehead atoms. The average Bonchev–Trinajstić information content (AvgIpc) is 2.39. The molecule has 3 nitrogen and oxygen atoms in total. The SMILES string of the molecule is Cc1ccc(F)cc1S(=O)(=O)NCc1cccc(Br)c1. The molecular formula is C14H13BrFNO2S. The third-order valence-corrected chi connectivity index (χ3v) is 4.83. The maximum Gasteiger partial charge on any atom is 0.241 e. The van der Waals surface area contributed by atoms with Crippen molar-refractivity contribution in [1.29, 1.82) is 0 Å². The molecule has 6 heteroatoms. The molecule has 0 aliphatic carbocycles. The van der Waals surface area contributed by atoms with Crippen molar-refractivity contribution in [2.24, 2.45) is 0 Å². The molecule has 0 saturated heterocycles. The number of hydrogen-bond acceptors (Lipinski definition) is 2. The quantitative estimate of drug-likeness (QED) is 0.911. The van der Waals surface area contributed by atoms with Crippen LogP contribution < -0.4 is 4.72 Å². The molecule has 0 fully saturated rings. The lowest BCUT2D eigenvalue weighted by Crippen LogP contribution is -2.24. The van der Waals surface area contributed by atoms with Crippen LogP contribution in [0.5, 0.6) is 0 Å². The second-order valence-corrected chi connectivity index (χ2v) is 7.02. The van der Waals surface area contributed by atoms with Crippen molar-refractivity contribution in [3.05, 3.63) is 63.9 Å². The normalized spacial score (nSPS) is 11.6. The first-order valence-electron chi connectivity index (χ1n) is 5.89. The Morgan fingerprint density at radius 3 is 2.65 bits per heavy atom. The van der Waals surface area contributed by atoms with Crippen molar-refractivity contribution in [2.45, 2.75) is 18.4 Å². The molecular weight excluding hydrogens is 345 g/mol. The van der Waals surface area contributed by atoms with Gasteiger partial charge in [-0.1, -0.05) is 34.1 Å². The maximum atomic E-state index is 13.2. The summed E-state index contributed by atoms with van der Waals surface area (Å²) in [4.78, 5) is -0.0347. The highest BCUT2D eigenvalue weighted by Crippen LogP contribution is 2.17. The predicted octanol–water partition coefficient (Wildman–Crippen LogP) is 3.38. The van der Waals surface area contributed by atoms with Crippen LogP contribution in [0.3, 0.4) is 0 Å². The molecule has 2 rings (SSSR count). The molecule has 0 aromatic heterocycles. The Labute approximate surface area is 126 Å². The summed E-state index contributed by atoms with van der Waals surface area (Å²) in [5.41, 5.74) is 1.32. The third kappa shape index (κ3) is 3.65.